The number of hydrogen-bond acceptors (Lipinski definition) is 2. The molecule has 1 aliphatic carbocycles. The van der Waals surface area contributed by atoms with Crippen molar-refractivity contribution in [3.05, 3.63) is 0 Å². The van der Waals surface area contributed by atoms with Crippen molar-refractivity contribution >= 4 is 8.69 Å². The van der Waals surface area contributed by atoms with E-state index in [9.17, 15) is 4.57 Å². The molecule has 0 spiro atoms. The SMILES string of the molecule is CC1CCCCC1(C)OP=O. The lowest BCUT2D eigenvalue weighted by atomic mass is 9.78. The monoisotopic (exact) mass is 174 g/mol. The van der Waals surface area contributed by atoms with Crippen LogP contribution in [0, 0.1) is 5.92 Å². The topological polar surface area (TPSA) is 26.3 Å². The molecule has 1 aliphatic rings. The van der Waals surface area contributed by atoms with Gasteiger partial charge in [-0.25, -0.2) is 4.57 Å². The minimum atomic E-state index is -0.172. The van der Waals surface area contributed by atoms with Gasteiger partial charge in [0.15, 0.2) is 0 Å². The first kappa shape index (κ1) is 9.15. The Labute approximate surface area is 69.6 Å². The Morgan fingerprint density at radius 3 is 2.82 bits per heavy atom. The van der Waals surface area contributed by atoms with E-state index in [1.807, 2.05) is 0 Å². The van der Waals surface area contributed by atoms with E-state index in [0.717, 1.165) is 6.42 Å². The smallest absolute Gasteiger partial charge is 0.288 e. The maximum Gasteiger partial charge on any atom is 0.327 e. The summed E-state index contributed by atoms with van der Waals surface area (Å²) < 4.78 is 15.5. The minimum Gasteiger partial charge on any atom is -0.288 e. The first-order valence-electron chi connectivity index (χ1n) is 4.20. The summed E-state index contributed by atoms with van der Waals surface area (Å²) in [6, 6.07) is 0. The molecule has 0 bridgehead atoms. The van der Waals surface area contributed by atoms with Crippen molar-refractivity contribution < 1.29 is 9.09 Å². The van der Waals surface area contributed by atoms with Crippen molar-refractivity contribution in [1.29, 1.82) is 0 Å². The molecular formula is C8H15O2P. The van der Waals surface area contributed by atoms with E-state index in [4.69, 9.17) is 4.52 Å². The fraction of sp³-hybridized carbons (Fsp3) is 1.00. The molecule has 0 saturated heterocycles. The summed E-state index contributed by atoms with van der Waals surface area (Å²) in [5.74, 6) is 0.540. The highest BCUT2D eigenvalue weighted by atomic mass is 31.1. The third-order valence-electron chi connectivity index (χ3n) is 2.85. The first-order chi connectivity index (χ1) is 5.19. The average Bonchev–Trinajstić information content (AvgIpc) is 1.96. The summed E-state index contributed by atoms with van der Waals surface area (Å²) in [6.45, 7) is 4.23. The Balaban J connectivity index is 2.56. The molecule has 0 amide bonds. The molecule has 0 aromatic heterocycles. The van der Waals surface area contributed by atoms with Gasteiger partial charge in [0.25, 0.3) is 0 Å². The van der Waals surface area contributed by atoms with Gasteiger partial charge in [0.2, 0.25) is 0 Å². The largest absolute Gasteiger partial charge is 0.327 e. The van der Waals surface area contributed by atoms with Crippen molar-refractivity contribution in [3.63, 3.8) is 0 Å². The Morgan fingerprint density at radius 1 is 1.55 bits per heavy atom. The second-order valence-electron chi connectivity index (χ2n) is 3.63. The van der Waals surface area contributed by atoms with Crippen LogP contribution in [0.2, 0.25) is 0 Å². The highest BCUT2D eigenvalue weighted by Gasteiger charge is 2.34. The standard InChI is InChI=1S/C8H15O2P/c1-7-5-3-4-6-8(7,2)10-11-9/h7H,3-6H2,1-2H3. The number of rotatable bonds is 2. The molecule has 0 heterocycles. The molecule has 0 radical (unpaired) electrons. The zero-order valence-corrected chi connectivity index (χ0v) is 8.06. The van der Waals surface area contributed by atoms with E-state index in [0.29, 0.717) is 5.92 Å². The summed E-state index contributed by atoms with van der Waals surface area (Å²) in [4.78, 5) is 0. The molecule has 0 aromatic rings. The molecule has 11 heavy (non-hydrogen) atoms. The molecule has 1 fully saturated rings. The van der Waals surface area contributed by atoms with Crippen LogP contribution in [0.5, 0.6) is 0 Å². The molecule has 2 nitrogen and oxygen atoms in total. The second-order valence-corrected chi connectivity index (χ2v) is 3.96. The van der Waals surface area contributed by atoms with Gasteiger partial charge in [0, 0.05) is 0 Å². The summed E-state index contributed by atoms with van der Waals surface area (Å²) in [6.07, 6.45) is 4.74. The fourth-order valence-corrected chi connectivity index (χ4v) is 2.14. The molecule has 64 valence electrons. The fourth-order valence-electron chi connectivity index (χ4n) is 1.70. The summed E-state index contributed by atoms with van der Waals surface area (Å²) in [5, 5.41) is 0. The predicted octanol–water partition coefficient (Wildman–Crippen LogP) is 3.18. The Hall–Kier alpha value is 0.0600. The molecule has 0 N–H and O–H groups in total. The molecule has 1 rings (SSSR count). The van der Waals surface area contributed by atoms with E-state index in [1.165, 1.54) is 19.3 Å². The van der Waals surface area contributed by atoms with Crippen molar-refractivity contribution in [3.8, 4) is 0 Å². The van der Waals surface area contributed by atoms with E-state index >= 15 is 0 Å². The molecule has 0 aromatic carbocycles. The van der Waals surface area contributed by atoms with Crippen LogP contribution in [0.15, 0.2) is 0 Å². The number of hydrogen-bond donors (Lipinski definition) is 0. The third-order valence-corrected chi connectivity index (χ3v) is 3.34. The molecule has 3 heteroatoms. The lowest BCUT2D eigenvalue weighted by Gasteiger charge is -2.36. The van der Waals surface area contributed by atoms with Crippen LogP contribution in [0.4, 0.5) is 0 Å². The third kappa shape index (κ3) is 2.00. The van der Waals surface area contributed by atoms with Gasteiger partial charge in [-0.05, 0) is 25.7 Å². The molecule has 2 atom stereocenters. The molecule has 1 saturated carbocycles. The zero-order chi connectivity index (χ0) is 8.32. The van der Waals surface area contributed by atoms with Gasteiger partial charge in [-0.3, -0.25) is 4.52 Å². The van der Waals surface area contributed by atoms with Crippen LogP contribution in [0.3, 0.4) is 0 Å². The van der Waals surface area contributed by atoms with Crippen LogP contribution in [-0.4, -0.2) is 5.60 Å². The first-order valence-corrected chi connectivity index (χ1v) is 4.93. The van der Waals surface area contributed by atoms with Gasteiger partial charge in [-0.15, -0.1) is 0 Å². The summed E-state index contributed by atoms with van der Waals surface area (Å²) >= 11 is 0. The van der Waals surface area contributed by atoms with Crippen LogP contribution < -0.4 is 0 Å². The van der Waals surface area contributed by atoms with E-state index in [1.54, 1.807) is 0 Å². The van der Waals surface area contributed by atoms with Crippen LogP contribution >= 0.6 is 8.69 Å². The molecule has 2 unspecified atom stereocenters. The highest BCUT2D eigenvalue weighted by Crippen LogP contribution is 2.38. The lowest BCUT2D eigenvalue weighted by Crippen LogP contribution is -2.36. The van der Waals surface area contributed by atoms with Crippen molar-refractivity contribution in [2.24, 2.45) is 5.92 Å². The Kier molecular flexibility index (Phi) is 3.03. The van der Waals surface area contributed by atoms with Gasteiger partial charge in [-0.1, -0.05) is 19.8 Å². The molecular weight excluding hydrogens is 159 g/mol. The van der Waals surface area contributed by atoms with Gasteiger partial charge < -0.3 is 0 Å². The van der Waals surface area contributed by atoms with Crippen molar-refractivity contribution in [1.82, 2.24) is 0 Å². The Bertz CT molecular complexity index is 149. The summed E-state index contributed by atoms with van der Waals surface area (Å²) in [7, 11) is -0.172. The van der Waals surface area contributed by atoms with Crippen LogP contribution in [0.1, 0.15) is 39.5 Å². The van der Waals surface area contributed by atoms with E-state index in [-0.39, 0.29) is 14.3 Å². The maximum atomic E-state index is 10.3. The van der Waals surface area contributed by atoms with Crippen LogP contribution in [0.25, 0.3) is 0 Å². The van der Waals surface area contributed by atoms with Crippen LogP contribution in [-0.2, 0) is 9.09 Å². The van der Waals surface area contributed by atoms with E-state index in [2.05, 4.69) is 13.8 Å². The predicted molar refractivity (Wildman–Crippen MR) is 44.7 cm³/mol. The Morgan fingerprint density at radius 2 is 2.27 bits per heavy atom. The minimum absolute atomic E-state index is 0.137. The second kappa shape index (κ2) is 3.64. The zero-order valence-electron chi connectivity index (χ0n) is 7.17. The van der Waals surface area contributed by atoms with Gasteiger partial charge >= 0.3 is 8.69 Å². The van der Waals surface area contributed by atoms with E-state index < -0.39 is 0 Å². The highest BCUT2D eigenvalue weighted by molar-refractivity contribution is 7.17. The quantitative estimate of drug-likeness (QED) is 0.601. The molecule has 0 aliphatic heterocycles. The van der Waals surface area contributed by atoms with Gasteiger partial charge in [0.1, 0.15) is 0 Å². The summed E-state index contributed by atoms with van der Waals surface area (Å²) in [5.41, 5.74) is -0.137. The van der Waals surface area contributed by atoms with Gasteiger partial charge in [0.05, 0.1) is 5.60 Å². The van der Waals surface area contributed by atoms with Crippen molar-refractivity contribution in [2.45, 2.75) is 45.1 Å². The lowest BCUT2D eigenvalue weighted by molar-refractivity contribution is 0.0120. The average molecular weight is 174 g/mol. The maximum absolute atomic E-state index is 10.3. The normalized spacial score (nSPS) is 39.3. The van der Waals surface area contributed by atoms with Gasteiger partial charge in [-0.2, -0.15) is 0 Å². The van der Waals surface area contributed by atoms with Crippen molar-refractivity contribution in [2.75, 3.05) is 0 Å².